The molecule has 1 aromatic carbocycles. The van der Waals surface area contributed by atoms with Gasteiger partial charge in [0.2, 0.25) is 0 Å². The highest BCUT2D eigenvalue weighted by Gasteiger charge is 2.27. The third-order valence-corrected chi connectivity index (χ3v) is 4.32. The number of benzene rings is 1. The van der Waals surface area contributed by atoms with E-state index in [1.807, 2.05) is 12.1 Å². The Hall–Kier alpha value is -1.46. The molecule has 20 heavy (non-hydrogen) atoms. The molecular formula is C15H23N3O2. The first-order valence-electron chi connectivity index (χ1n) is 7.25. The average Bonchev–Trinajstić information content (AvgIpc) is 2.47. The summed E-state index contributed by atoms with van der Waals surface area (Å²) in [5.41, 5.74) is 7.13. The summed E-state index contributed by atoms with van der Waals surface area (Å²) in [6.45, 7) is 1.56. The van der Waals surface area contributed by atoms with E-state index in [-0.39, 0.29) is 10.6 Å². The van der Waals surface area contributed by atoms with Crippen molar-refractivity contribution in [2.45, 2.75) is 38.3 Å². The van der Waals surface area contributed by atoms with Gasteiger partial charge in [-0.25, -0.2) is 0 Å². The highest BCUT2D eigenvalue weighted by Crippen LogP contribution is 2.28. The van der Waals surface area contributed by atoms with Gasteiger partial charge in [0, 0.05) is 24.7 Å². The number of nitro benzene ring substituents is 1. The van der Waals surface area contributed by atoms with E-state index in [4.69, 9.17) is 5.73 Å². The summed E-state index contributed by atoms with van der Waals surface area (Å²) < 4.78 is 0. The number of rotatable bonds is 5. The second kappa shape index (κ2) is 6.81. The van der Waals surface area contributed by atoms with Crippen molar-refractivity contribution in [3.8, 4) is 0 Å². The number of hydrogen-bond acceptors (Lipinski definition) is 4. The molecule has 0 aliphatic heterocycles. The molecule has 0 heterocycles. The van der Waals surface area contributed by atoms with E-state index in [1.165, 1.54) is 25.7 Å². The second-order valence-corrected chi connectivity index (χ2v) is 5.69. The maximum atomic E-state index is 10.6. The van der Waals surface area contributed by atoms with Crippen molar-refractivity contribution in [1.29, 1.82) is 0 Å². The molecule has 1 saturated carbocycles. The van der Waals surface area contributed by atoms with Crippen LogP contribution in [-0.2, 0) is 6.54 Å². The summed E-state index contributed by atoms with van der Waals surface area (Å²) in [5.74, 6) is 0.576. The molecule has 2 unspecified atom stereocenters. The van der Waals surface area contributed by atoms with Gasteiger partial charge in [0.25, 0.3) is 5.69 Å². The SMILES string of the molecule is CN(Cc1ccc([N+](=O)[O-])cc1)C1CCCCC1CN. The maximum Gasteiger partial charge on any atom is 0.269 e. The second-order valence-electron chi connectivity index (χ2n) is 5.69. The number of nitro groups is 1. The minimum atomic E-state index is -0.362. The fourth-order valence-electron chi connectivity index (χ4n) is 3.17. The van der Waals surface area contributed by atoms with Crippen molar-refractivity contribution in [1.82, 2.24) is 4.90 Å². The summed E-state index contributed by atoms with van der Waals surface area (Å²) in [6, 6.07) is 7.36. The quantitative estimate of drug-likeness (QED) is 0.663. The fraction of sp³-hybridized carbons (Fsp3) is 0.600. The van der Waals surface area contributed by atoms with Crippen molar-refractivity contribution < 1.29 is 4.92 Å². The third kappa shape index (κ3) is 3.55. The molecule has 5 heteroatoms. The highest BCUT2D eigenvalue weighted by atomic mass is 16.6. The van der Waals surface area contributed by atoms with E-state index >= 15 is 0 Å². The maximum absolute atomic E-state index is 10.6. The van der Waals surface area contributed by atoms with Gasteiger partial charge in [-0.05, 0) is 37.9 Å². The molecule has 5 nitrogen and oxygen atoms in total. The lowest BCUT2D eigenvalue weighted by Crippen LogP contribution is -2.42. The zero-order valence-electron chi connectivity index (χ0n) is 12.0. The zero-order chi connectivity index (χ0) is 14.5. The van der Waals surface area contributed by atoms with Crippen molar-refractivity contribution in [2.24, 2.45) is 11.7 Å². The summed E-state index contributed by atoms with van der Waals surface area (Å²) in [5, 5.41) is 10.6. The Morgan fingerprint density at radius 2 is 1.95 bits per heavy atom. The monoisotopic (exact) mass is 277 g/mol. The molecule has 2 N–H and O–H groups in total. The fourth-order valence-corrected chi connectivity index (χ4v) is 3.17. The lowest BCUT2D eigenvalue weighted by atomic mass is 9.83. The van der Waals surface area contributed by atoms with Crippen LogP contribution < -0.4 is 5.73 Å². The highest BCUT2D eigenvalue weighted by molar-refractivity contribution is 5.32. The van der Waals surface area contributed by atoms with Gasteiger partial charge in [0.1, 0.15) is 0 Å². The van der Waals surface area contributed by atoms with Gasteiger partial charge < -0.3 is 5.73 Å². The van der Waals surface area contributed by atoms with Crippen LogP contribution in [0.5, 0.6) is 0 Å². The molecule has 1 aromatic rings. The van der Waals surface area contributed by atoms with E-state index in [1.54, 1.807) is 12.1 Å². The van der Waals surface area contributed by atoms with Gasteiger partial charge in [0.05, 0.1) is 4.92 Å². The van der Waals surface area contributed by atoms with E-state index < -0.39 is 0 Å². The molecule has 2 rings (SSSR count). The van der Waals surface area contributed by atoms with Crippen LogP contribution in [-0.4, -0.2) is 29.5 Å². The molecule has 0 amide bonds. The van der Waals surface area contributed by atoms with Gasteiger partial charge >= 0.3 is 0 Å². The minimum absolute atomic E-state index is 0.147. The van der Waals surface area contributed by atoms with E-state index in [2.05, 4.69) is 11.9 Å². The summed E-state index contributed by atoms with van der Waals surface area (Å²) in [6.07, 6.45) is 4.96. The lowest BCUT2D eigenvalue weighted by molar-refractivity contribution is -0.384. The van der Waals surface area contributed by atoms with Crippen LogP contribution >= 0.6 is 0 Å². The lowest BCUT2D eigenvalue weighted by Gasteiger charge is -2.37. The predicted octanol–water partition coefficient (Wildman–Crippen LogP) is 2.54. The van der Waals surface area contributed by atoms with Crippen LogP contribution in [0, 0.1) is 16.0 Å². The smallest absolute Gasteiger partial charge is 0.269 e. The Morgan fingerprint density at radius 1 is 1.30 bits per heavy atom. The molecule has 1 aliphatic carbocycles. The van der Waals surface area contributed by atoms with E-state index in [9.17, 15) is 10.1 Å². The van der Waals surface area contributed by atoms with Crippen molar-refractivity contribution >= 4 is 5.69 Å². The van der Waals surface area contributed by atoms with Crippen LogP contribution in [0.4, 0.5) is 5.69 Å². The predicted molar refractivity (Wildman–Crippen MR) is 79.4 cm³/mol. The molecule has 0 saturated heterocycles. The van der Waals surface area contributed by atoms with Crippen molar-refractivity contribution in [3.63, 3.8) is 0 Å². The zero-order valence-corrected chi connectivity index (χ0v) is 12.0. The van der Waals surface area contributed by atoms with Crippen LogP contribution in [0.2, 0.25) is 0 Å². The molecule has 1 fully saturated rings. The van der Waals surface area contributed by atoms with E-state index in [0.717, 1.165) is 18.7 Å². The number of nitrogens with two attached hydrogens (primary N) is 1. The molecule has 0 bridgehead atoms. The number of non-ortho nitro benzene ring substituents is 1. The van der Waals surface area contributed by atoms with Gasteiger partial charge in [0.15, 0.2) is 0 Å². The Morgan fingerprint density at radius 3 is 2.55 bits per heavy atom. The first-order chi connectivity index (χ1) is 9.61. The molecule has 0 radical (unpaired) electrons. The molecule has 110 valence electrons. The topological polar surface area (TPSA) is 72.4 Å². The summed E-state index contributed by atoms with van der Waals surface area (Å²) >= 11 is 0. The van der Waals surface area contributed by atoms with E-state index in [0.29, 0.717) is 12.0 Å². The minimum Gasteiger partial charge on any atom is -0.330 e. The Labute approximate surface area is 119 Å². The largest absolute Gasteiger partial charge is 0.330 e. The third-order valence-electron chi connectivity index (χ3n) is 4.32. The molecular weight excluding hydrogens is 254 g/mol. The number of nitrogens with zero attached hydrogens (tertiary/aromatic N) is 2. The first-order valence-corrected chi connectivity index (χ1v) is 7.25. The first kappa shape index (κ1) is 14.9. The van der Waals surface area contributed by atoms with Crippen molar-refractivity contribution in [3.05, 3.63) is 39.9 Å². The van der Waals surface area contributed by atoms with Gasteiger partial charge in [-0.2, -0.15) is 0 Å². The average molecular weight is 277 g/mol. The van der Waals surface area contributed by atoms with Crippen LogP contribution in [0.3, 0.4) is 0 Å². The van der Waals surface area contributed by atoms with Gasteiger partial charge in [-0.3, -0.25) is 15.0 Å². The van der Waals surface area contributed by atoms with Crippen LogP contribution in [0.25, 0.3) is 0 Å². The molecule has 0 spiro atoms. The molecule has 0 aromatic heterocycles. The Bertz CT molecular complexity index is 447. The van der Waals surface area contributed by atoms with Crippen LogP contribution in [0.1, 0.15) is 31.2 Å². The Kier molecular flexibility index (Phi) is 5.09. The van der Waals surface area contributed by atoms with Gasteiger partial charge in [-0.1, -0.05) is 25.0 Å². The molecule has 2 atom stereocenters. The summed E-state index contributed by atoms with van der Waals surface area (Å²) in [4.78, 5) is 12.6. The summed E-state index contributed by atoms with van der Waals surface area (Å²) in [7, 11) is 2.13. The Balaban J connectivity index is 1.99. The van der Waals surface area contributed by atoms with Crippen LogP contribution in [0.15, 0.2) is 24.3 Å². The normalized spacial score (nSPS) is 22.9. The molecule has 1 aliphatic rings. The number of hydrogen-bond donors (Lipinski definition) is 1. The van der Waals surface area contributed by atoms with Gasteiger partial charge in [-0.15, -0.1) is 0 Å². The standard InChI is InChI=1S/C15H23N3O2/c1-17(15-5-3-2-4-13(15)10-16)11-12-6-8-14(9-7-12)18(19)20/h6-9,13,15H,2-5,10-11,16H2,1H3. The van der Waals surface area contributed by atoms with Crippen molar-refractivity contribution in [2.75, 3.05) is 13.6 Å².